The molecule has 1 aromatic heterocycles. The van der Waals surface area contributed by atoms with Crippen LogP contribution < -0.4 is 5.32 Å². The van der Waals surface area contributed by atoms with E-state index in [0.29, 0.717) is 6.04 Å². The highest BCUT2D eigenvalue weighted by Crippen LogP contribution is 2.29. The number of hydrogen-bond acceptors (Lipinski definition) is 4. The van der Waals surface area contributed by atoms with Gasteiger partial charge < -0.3 is 5.32 Å². The van der Waals surface area contributed by atoms with E-state index < -0.39 is 0 Å². The third kappa shape index (κ3) is 3.28. The highest BCUT2D eigenvalue weighted by Gasteiger charge is 2.25. The second-order valence-corrected chi connectivity index (χ2v) is 6.82. The Balaban J connectivity index is 1.70. The van der Waals surface area contributed by atoms with Crippen LogP contribution in [0.25, 0.3) is 6.08 Å². The molecule has 0 atom stereocenters. The Morgan fingerprint density at radius 1 is 1.32 bits per heavy atom. The number of thiophene rings is 1. The third-order valence-electron chi connectivity index (χ3n) is 3.34. The topological polar surface area (TPSA) is 41.5 Å². The number of hydrogen-bond donors (Lipinski definition) is 1. The van der Waals surface area contributed by atoms with Gasteiger partial charge in [0.15, 0.2) is 5.17 Å². The number of carbonyl (C=O) groups is 1. The van der Waals surface area contributed by atoms with Gasteiger partial charge in [-0.3, -0.25) is 9.79 Å². The molecule has 0 unspecified atom stereocenters. The quantitative estimate of drug-likeness (QED) is 0.846. The van der Waals surface area contributed by atoms with Crippen LogP contribution >= 0.6 is 23.1 Å². The van der Waals surface area contributed by atoms with Gasteiger partial charge in [0.2, 0.25) is 0 Å². The molecule has 2 aliphatic rings. The first-order valence-electron chi connectivity index (χ1n) is 6.63. The summed E-state index contributed by atoms with van der Waals surface area (Å²) in [6.07, 6.45) is 8.10. The Kier molecular flexibility index (Phi) is 4.03. The number of nitrogens with zero attached hydrogens (tertiary/aromatic N) is 1. The van der Waals surface area contributed by atoms with Crippen molar-refractivity contribution in [3.63, 3.8) is 0 Å². The smallest absolute Gasteiger partial charge is 0.264 e. The first-order valence-corrected chi connectivity index (χ1v) is 8.33. The lowest BCUT2D eigenvalue weighted by Crippen LogP contribution is -2.22. The Hall–Kier alpha value is -1.07. The molecule has 1 saturated heterocycles. The van der Waals surface area contributed by atoms with E-state index in [9.17, 15) is 4.79 Å². The number of amidine groups is 1. The van der Waals surface area contributed by atoms with E-state index in [0.717, 1.165) is 27.8 Å². The summed E-state index contributed by atoms with van der Waals surface area (Å²) in [5.41, 5.74) is 0. The molecule has 1 amide bonds. The van der Waals surface area contributed by atoms with Gasteiger partial charge in [0, 0.05) is 4.88 Å². The zero-order valence-electron chi connectivity index (χ0n) is 10.6. The van der Waals surface area contributed by atoms with Crippen LogP contribution in [-0.4, -0.2) is 17.1 Å². The SMILES string of the molecule is O=C1NC(=NC2CCCCC2)S/C1=C\c1cccs1. The Bertz CT molecular complexity index is 514. The minimum Gasteiger partial charge on any atom is -0.301 e. The lowest BCUT2D eigenvalue weighted by molar-refractivity contribution is -0.115. The average Bonchev–Trinajstić information content (AvgIpc) is 3.02. The summed E-state index contributed by atoms with van der Waals surface area (Å²) >= 11 is 3.11. The molecule has 1 saturated carbocycles. The van der Waals surface area contributed by atoms with E-state index in [-0.39, 0.29) is 5.91 Å². The molecular formula is C14H16N2OS2. The number of thioether (sulfide) groups is 1. The average molecular weight is 292 g/mol. The molecular weight excluding hydrogens is 276 g/mol. The molecule has 2 fully saturated rings. The Morgan fingerprint density at radius 2 is 2.16 bits per heavy atom. The normalized spacial score (nSPS) is 25.2. The van der Waals surface area contributed by atoms with Gasteiger partial charge in [-0.05, 0) is 42.1 Å². The summed E-state index contributed by atoms with van der Waals surface area (Å²) in [6.45, 7) is 0. The van der Waals surface area contributed by atoms with Gasteiger partial charge in [0.05, 0.1) is 10.9 Å². The minimum absolute atomic E-state index is 0.0204. The van der Waals surface area contributed by atoms with Gasteiger partial charge in [-0.1, -0.05) is 25.3 Å². The first-order chi connectivity index (χ1) is 9.31. The molecule has 0 bridgehead atoms. The number of amides is 1. The van der Waals surface area contributed by atoms with E-state index in [1.165, 1.54) is 31.0 Å². The predicted molar refractivity (Wildman–Crippen MR) is 82.3 cm³/mol. The van der Waals surface area contributed by atoms with Crippen LogP contribution in [0.1, 0.15) is 37.0 Å². The van der Waals surface area contributed by atoms with Crippen LogP contribution in [0, 0.1) is 0 Å². The van der Waals surface area contributed by atoms with Crippen LogP contribution in [0.4, 0.5) is 0 Å². The van der Waals surface area contributed by atoms with Crippen LogP contribution in [0.15, 0.2) is 27.4 Å². The summed E-state index contributed by atoms with van der Waals surface area (Å²) < 4.78 is 0. The van der Waals surface area contributed by atoms with Gasteiger partial charge in [-0.25, -0.2) is 0 Å². The Labute approximate surface area is 121 Å². The molecule has 0 spiro atoms. The molecule has 3 rings (SSSR count). The van der Waals surface area contributed by atoms with E-state index >= 15 is 0 Å². The highest BCUT2D eigenvalue weighted by molar-refractivity contribution is 8.18. The summed E-state index contributed by atoms with van der Waals surface area (Å²) in [6, 6.07) is 4.41. The fraction of sp³-hybridized carbons (Fsp3) is 0.429. The lowest BCUT2D eigenvalue weighted by Gasteiger charge is -2.17. The molecule has 1 aromatic rings. The second kappa shape index (κ2) is 5.92. The second-order valence-electron chi connectivity index (χ2n) is 4.81. The van der Waals surface area contributed by atoms with E-state index in [4.69, 9.17) is 0 Å². The lowest BCUT2D eigenvalue weighted by atomic mass is 9.96. The van der Waals surface area contributed by atoms with Crippen molar-refractivity contribution < 1.29 is 4.79 Å². The highest BCUT2D eigenvalue weighted by atomic mass is 32.2. The molecule has 5 heteroatoms. The molecule has 100 valence electrons. The third-order valence-corrected chi connectivity index (χ3v) is 5.09. The fourth-order valence-corrected chi connectivity index (χ4v) is 3.98. The fourth-order valence-electron chi connectivity index (χ4n) is 2.37. The standard InChI is InChI=1S/C14H16N2OS2/c17-13-12(9-11-7-4-8-18-11)19-14(16-13)15-10-5-2-1-3-6-10/h4,7-10H,1-3,5-6H2,(H,15,16,17)/b12-9-. The van der Waals surface area contributed by atoms with Gasteiger partial charge in [-0.15, -0.1) is 11.3 Å². The molecule has 3 nitrogen and oxygen atoms in total. The van der Waals surface area contributed by atoms with Crippen LogP contribution in [0.2, 0.25) is 0 Å². The number of aliphatic imine (C=N–C) groups is 1. The first kappa shape index (κ1) is 12.9. The van der Waals surface area contributed by atoms with Crippen LogP contribution in [0.5, 0.6) is 0 Å². The van der Waals surface area contributed by atoms with Crippen molar-refractivity contribution in [1.29, 1.82) is 0 Å². The summed E-state index contributed by atoms with van der Waals surface area (Å²) in [7, 11) is 0. The van der Waals surface area contributed by atoms with Crippen LogP contribution in [0.3, 0.4) is 0 Å². The van der Waals surface area contributed by atoms with Gasteiger partial charge >= 0.3 is 0 Å². The van der Waals surface area contributed by atoms with Crippen molar-refractivity contribution >= 4 is 40.2 Å². The van der Waals surface area contributed by atoms with Crippen molar-refractivity contribution in [2.75, 3.05) is 0 Å². The number of rotatable bonds is 2. The summed E-state index contributed by atoms with van der Waals surface area (Å²) in [5.74, 6) is -0.0204. The summed E-state index contributed by atoms with van der Waals surface area (Å²) in [4.78, 5) is 18.4. The van der Waals surface area contributed by atoms with Crippen LogP contribution in [-0.2, 0) is 4.79 Å². The minimum atomic E-state index is -0.0204. The van der Waals surface area contributed by atoms with E-state index in [2.05, 4.69) is 10.3 Å². The molecule has 1 N–H and O–H groups in total. The van der Waals surface area contributed by atoms with Gasteiger partial charge in [-0.2, -0.15) is 0 Å². The molecule has 1 aliphatic heterocycles. The largest absolute Gasteiger partial charge is 0.301 e. The molecule has 19 heavy (non-hydrogen) atoms. The maximum absolute atomic E-state index is 11.9. The molecule has 2 heterocycles. The maximum atomic E-state index is 11.9. The molecule has 0 radical (unpaired) electrons. The van der Waals surface area contributed by atoms with Gasteiger partial charge in [0.1, 0.15) is 0 Å². The monoisotopic (exact) mass is 292 g/mol. The van der Waals surface area contributed by atoms with Crippen molar-refractivity contribution in [2.24, 2.45) is 4.99 Å². The van der Waals surface area contributed by atoms with Crippen molar-refractivity contribution in [3.05, 3.63) is 27.3 Å². The molecule has 1 aliphatic carbocycles. The maximum Gasteiger partial charge on any atom is 0.264 e. The van der Waals surface area contributed by atoms with Crippen molar-refractivity contribution in [3.8, 4) is 0 Å². The summed E-state index contributed by atoms with van der Waals surface area (Å²) in [5, 5.41) is 5.67. The van der Waals surface area contributed by atoms with E-state index in [1.807, 2.05) is 23.6 Å². The van der Waals surface area contributed by atoms with Crippen molar-refractivity contribution in [1.82, 2.24) is 5.32 Å². The zero-order valence-corrected chi connectivity index (χ0v) is 12.2. The number of nitrogens with one attached hydrogen (secondary N) is 1. The van der Waals surface area contributed by atoms with Gasteiger partial charge in [0.25, 0.3) is 5.91 Å². The number of carbonyl (C=O) groups excluding carboxylic acids is 1. The van der Waals surface area contributed by atoms with Crippen molar-refractivity contribution in [2.45, 2.75) is 38.1 Å². The predicted octanol–water partition coefficient (Wildman–Crippen LogP) is 3.64. The zero-order chi connectivity index (χ0) is 13.1. The molecule has 0 aromatic carbocycles. The van der Waals surface area contributed by atoms with E-state index in [1.54, 1.807) is 11.3 Å². The Morgan fingerprint density at radius 3 is 2.89 bits per heavy atom.